The molecule has 152 valence electrons. The summed E-state index contributed by atoms with van der Waals surface area (Å²) in [5.41, 5.74) is 3.81. The summed E-state index contributed by atoms with van der Waals surface area (Å²) >= 11 is 1.45. The van der Waals surface area contributed by atoms with E-state index in [9.17, 15) is 13.2 Å². The molecule has 0 saturated carbocycles. The van der Waals surface area contributed by atoms with Gasteiger partial charge in [-0.2, -0.15) is 0 Å². The van der Waals surface area contributed by atoms with E-state index in [0.717, 1.165) is 21.2 Å². The number of hydrogen-bond donors (Lipinski definition) is 2. The molecule has 7 heteroatoms. The average molecular weight is 437 g/mol. The molecule has 0 saturated heterocycles. The van der Waals surface area contributed by atoms with Crippen molar-refractivity contribution in [3.05, 3.63) is 94.4 Å². The van der Waals surface area contributed by atoms with Crippen LogP contribution in [0.15, 0.2) is 77.7 Å². The van der Waals surface area contributed by atoms with Gasteiger partial charge in [0.25, 0.3) is 5.91 Å². The number of nitrogens with one attached hydrogen (secondary N) is 1. The van der Waals surface area contributed by atoms with Gasteiger partial charge in [-0.15, -0.1) is 11.3 Å². The Bertz CT molecular complexity index is 1320. The second kappa shape index (κ2) is 8.02. The molecule has 1 amide bonds. The van der Waals surface area contributed by atoms with Crippen LogP contribution in [0.3, 0.4) is 0 Å². The second-order valence-electron chi connectivity index (χ2n) is 7.09. The van der Waals surface area contributed by atoms with Crippen LogP contribution in [0, 0.1) is 6.92 Å². The van der Waals surface area contributed by atoms with Crippen LogP contribution in [0.1, 0.15) is 26.4 Å². The third-order valence-electron chi connectivity index (χ3n) is 4.85. The summed E-state index contributed by atoms with van der Waals surface area (Å²) < 4.78 is 23.9. The Morgan fingerprint density at radius 1 is 0.967 bits per heavy atom. The summed E-state index contributed by atoms with van der Waals surface area (Å²) in [6, 6.07) is 22.1. The Kier molecular flexibility index (Phi) is 5.42. The van der Waals surface area contributed by atoms with Crippen LogP contribution in [0.4, 0.5) is 5.69 Å². The fourth-order valence-corrected chi connectivity index (χ4v) is 4.92. The molecular weight excluding hydrogens is 416 g/mol. The monoisotopic (exact) mass is 436 g/mol. The third-order valence-corrected chi connectivity index (χ3v) is 6.99. The minimum Gasteiger partial charge on any atom is -0.321 e. The van der Waals surface area contributed by atoms with E-state index in [1.165, 1.54) is 41.2 Å². The topological polar surface area (TPSA) is 89.3 Å². The zero-order chi connectivity index (χ0) is 21.3. The summed E-state index contributed by atoms with van der Waals surface area (Å²) in [5.74, 6) is -0.221. The number of nitrogens with two attached hydrogens (primary N) is 1. The van der Waals surface area contributed by atoms with Crippen molar-refractivity contribution in [1.29, 1.82) is 0 Å². The Hall–Kier alpha value is -3.00. The molecule has 30 heavy (non-hydrogen) atoms. The lowest BCUT2D eigenvalue weighted by Gasteiger charge is -2.08. The van der Waals surface area contributed by atoms with Crippen molar-refractivity contribution in [2.24, 2.45) is 5.14 Å². The highest BCUT2D eigenvalue weighted by Crippen LogP contribution is 2.33. The summed E-state index contributed by atoms with van der Waals surface area (Å²) in [5, 5.41) is 9.07. The van der Waals surface area contributed by atoms with E-state index >= 15 is 0 Å². The number of fused-ring (bicyclic) bond motifs is 1. The highest BCUT2D eigenvalue weighted by Gasteiger charge is 2.19. The van der Waals surface area contributed by atoms with Crippen molar-refractivity contribution in [2.75, 3.05) is 5.32 Å². The normalized spacial score (nSPS) is 11.5. The molecule has 0 spiro atoms. The van der Waals surface area contributed by atoms with E-state index in [0.29, 0.717) is 17.0 Å². The van der Waals surface area contributed by atoms with E-state index in [4.69, 9.17) is 5.14 Å². The predicted octanol–water partition coefficient (Wildman–Crippen LogP) is 4.70. The van der Waals surface area contributed by atoms with Gasteiger partial charge in [0.05, 0.1) is 9.77 Å². The Morgan fingerprint density at radius 2 is 1.63 bits per heavy atom. The molecule has 0 aliphatic heterocycles. The lowest BCUT2D eigenvalue weighted by Crippen LogP contribution is -2.14. The maximum Gasteiger partial charge on any atom is 0.266 e. The molecule has 0 bridgehead atoms. The van der Waals surface area contributed by atoms with Gasteiger partial charge in [0.2, 0.25) is 10.0 Å². The Balaban J connectivity index is 1.67. The summed E-state index contributed by atoms with van der Waals surface area (Å²) in [7, 11) is -3.77. The van der Waals surface area contributed by atoms with Crippen LogP contribution < -0.4 is 10.5 Å². The van der Waals surface area contributed by atoms with Crippen molar-refractivity contribution in [2.45, 2.75) is 18.2 Å². The molecule has 0 radical (unpaired) electrons. The number of carbonyl (C=O) groups excluding carboxylic acids is 1. The fraction of sp³-hybridized carbons (Fsp3) is 0.0870. The minimum absolute atomic E-state index is 0.00224. The fourth-order valence-electron chi connectivity index (χ4n) is 3.28. The van der Waals surface area contributed by atoms with Crippen LogP contribution in [0.2, 0.25) is 0 Å². The molecule has 0 fully saturated rings. The van der Waals surface area contributed by atoms with Gasteiger partial charge in [-0.1, -0.05) is 48.0 Å². The van der Waals surface area contributed by atoms with Gasteiger partial charge in [-0.05, 0) is 60.2 Å². The Morgan fingerprint density at radius 3 is 2.30 bits per heavy atom. The van der Waals surface area contributed by atoms with Gasteiger partial charge in [-0.3, -0.25) is 4.79 Å². The van der Waals surface area contributed by atoms with Crippen molar-refractivity contribution in [3.8, 4) is 0 Å². The quantitative estimate of drug-likeness (QED) is 0.475. The number of hydrogen-bond acceptors (Lipinski definition) is 4. The van der Waals surface area contributed by atoms with E-state index < -0.39 is 10.0 Å². The zero-order valence-electron chi connectivity index (χ0n) is 16.3. The largest absolute Gasteiger partial charge is 0.321 e. The van der Waals surface area contributed by atoms with Crippen LogP contribution in [0.25, 0.3) is 10.1 Å². The highest BCUT2D eigenvalue weighted by atomic mass is 32.2. The number of anilines is 1. The molecule has 3 aromatic carbocycles. The molecule has 3 N–H and O–H groups in total. The molecule has 0 aliphatic carbocycles. The standard InChI is InChI=1S/C23H20N2O3S2/c1-15-6-8-16(9-7-15)14-20-19-4-2-3-5-21(19)29-22(20)23(26)25-17-10-12-18(13-11-17)30(24,27)28/h2-13H,14H2,1H3,(H,25,26)(H2,24,27,28). The van der Waals surface area contributed by atoms with Gasteiger partial charge in [0, 0.05) is 10.4 Å². The lowest BCUT2D eigenvalue weighted by atomic mass is 10.0. The van der Waals surface area contributed by atoms with E-state index in [1.54, 1.807) is 0 Å². The number of carbonyl (C=O) groups is 1. The summed E-state index contributed by atoms with van der Waals surface area (Å²) in [6.07, 6.45) is 0.650. The predicted molar refractivity (Wildman–Crippen MR) is 122 cm³/mol. The first-order valence-corrected chi connectivity index (χ1v) is 11.7. The molecule has 4 rings (SSSR count). The second-order valence-corrected chi connectivity index (χ2v) is 9.71. The average Bonchev–Trinajstić information content (AvgIpc) is 3.08. The number of aryl methyl sites for hydroxylation is 1. The molecular formula is C23H20N2O3S2. The van der Waals surface area contributed by atoms with Crippen LogP contribution >= 0.6 is 11.3 Å². The van der Waals surface area contributed by atoms with Gasteiger partial charge < -0.3 is 5.32 Å². The summed E-state index contributed by atoms with van der Waals surface area (Å²) in [6.45, 7) is 2.05. The lowest BCUT2D eigenvalue weighted by molar-refractivity contribution is 0.103. The smallest absolute Gasteiger partial charge is 0.266 e. The zero-order valence-corrected chi connectivity index (χ0v) is 17.9. The van der Waals surface area contributed by atoms with E-state index in [-0.39, 0.29) is 10.8 Å². The van der Waals surface area contributed by atoms with Gasteiger partial charge in [0.15, 0.2) is 0 Å². The molecule has 0 aliphatic rings. The first-order valence-electron chi connectivity index (χ1n) is 9.31. The van der Waals surface area contributed by atoms with Crippen LogP contribution in [-0.4, -0.2) is 14.3 Å². The Labute approximate surface area is 179 Å². The minimum atomic E-state index is -3.77. The number of rotatable bonds is 5. The first-order chi connectivity index (χ1) is 14.3. The molecule has 1 heterocycles. The number of sulfonamides is 1. The first kappa shape index (κ1) is 20.3. The molecule has 4 aromatic rings. The van der Waals surface area contributed by atoms with Crippen LogP contribution in [0.5, 0.6) is 0 Å². The number of benzene rings is 3. The van der Waals surface area contributed by atoms with Crippen molar-refractivity contribution in [1.82, 2.24) is 0 Å². The third kappa shape index (κ3) is 4.28. The van der Waals surface area contributed by atoms with Gasteiger partial charge in [-0.25, -0.2) is 13.6 Å². The summed E-state index contributed by atoms with van der Waals surface area (Å²) in [4.78, 5) is 13.7. The molecule has 0 atom stereocenters. The van der Waals surface area contributed by atoms with Crippen LogP contribution in [-0.2, 0) is 16.4 Å². The van der Waals surface area contributed by atoms with E-state index in [1.807, 2.05) is 31.2 Å². The molecule has 0 unspecified atom stereocenters. The van der Waals surface area contributed by atoms with Gasteiger partial charge >= 0.3 is 0 Å². The van der Waals surface area contributed by atoms with Gasteiger partial charge in [0.1, 0.15) is 0 Å². The highest BCUT2D eigenvalue weighted by molar-refractivity contribution is 7.89. The number of amides is 1. The van der Waals surface area contributed by atoms with Crippen molar-refractivity contribution in [3.63, 3.8) is 0 Å². The number of primary sulfonamides is 1. The molecule has 5 nitrogen and oxygen atoms in total. The SMILES string of the molecule is Cc1ccc(Cc2c(C(=O)Nc3ccc(S(N)(=O)=O)cc3)sc3ccccc23)cc1. The molecule has 1 aromatic heterocycles. The number of thiophene rings is 1. The van der Waals surface area contributed by atoms with Crippen molar-refractivity contribution < 1.29 is 13.2 Å². The maximum absolute atomic E-state index is 13.1. The maximum atomic E-state index is 13.1. The van der Waals surface area contributed by atoms with Crippen molar-refractivity contribution >= 4 is 43.0 Å². The van der Waals surface area contributed by atoms with E-state index in [2.05, 4.69) is 29.6 Å².